The quantitative estimate of drug-likeness (QED) is 0.525. The van der Waals surface area contributed by atoms with E-state index >= 15 is 0 Å². The van der Waals surface area contributed by atoms with Crippen molar-refractivity contribution in [1.82, 2.24) is 14.7 Å². The molecule has 0 aliphatic carbocycles. The fourth-order valence-electron chi connectivity index (χ4n) is 3.97. The molecule has 4 aromatic rings. The van der Waals surface area contributed by atoms with E-state index in [1.807, 2.05) is 80.8 Å². The zero-order chi connectivity index (χ0) is 20.8. The van der Waals surface area contributed by atoms with E-state index in [4.69, 9.17) is 14.5 Å². The van der Waals surface area contributed by atoms with Gasteiger partial charge in [-0.25, -0.2) is 19.5 Å². The molecule has 2 aromatic heterocycles. The van der Waals surface area contributed by atoms with Crippen molar-refractivity contribution in [2.75, 3.05) is 23.9 Å². The van der Waals surface area contributed by atoms with E-state index in [-0.39, 0.29) is 11.8 Å². The SMILES string of the molecule is CN1c2nc3ccccc3nc2N(C)C1/C=C/c1c(-c2ccccc2)n(C)oc1=O. The maximum atomic E-state index is 12.5. The van der Waals surface area contributed by atoms with Crippen LogP contribution in [-0.4, -0.2) is 35.0 Å². The van der Waals surface area contributed by atoms with E-state index < -0.39 is 0 Å². The highest BCUT2D eigenvalue weighted by atomic mass is 16.5. The Bertz CT molecular complexity index is 1270. The van der Waals surface area contributed by atoms with E-state index in [1.54, 1.807) is 7.05 Å². The summed E-state index contributed by atoms with van der Waals surface area (Å²) in [5.41, 5.74) is 3.55. The molecule has 0 spiro atoms. The summed E-state index contributed by atoms with van der Waals surface area (Å²) >= 11 is 0. The summed E-state index contributed by atoms with van der Waals surface area (Å²) in [6, 6.07) is 17.6. The number of hydrogen-bond donors (Lipinski definition) is 0. The maximum Gasteiger partial charge on any atom is 0.365 e. The average Bonchev–Trinajstić information content (AvgIpc) is 3.17. The Balaban J connectivity index is 1.54. The van der Waals surface area contributed by atoms with Gasteiger partial charge in [0.2, 0.25) is 0 Å². The average molecular weight is 399 g/mol. The predicted molar refractivity (Wildman–Crippen MR) is 119 cm³/mol. The highest BCUT2D eigenvalue weighted by Gasteiger charge is 2.32. The second-order valence-electron chi connectivity index (χ2n) is 7.36. The first kappa shape index (κ1) is 18.2. The van der Waals surface area contributed by atoms with Crippen molar-refractivity contribution in [2.45, 2.75) is 6.17 Å². The van der Waals surface area contributed by atoms with E-state index in [0.717, 1.165) is 33.9 Å². The third-order valence-electron chi connectivity index (χ3n) is 5.49. The van der Waals surface area contributed by atoms with Crippen molar-refractivity contribution in [2.24, 2.45) is 7.05 Å². The minimum absolute atomic E-state index is 0.125. The van der Waals surface area contributed by atoms with Crippen molar-refractivity contribution in [3.05, 3.63) is 76.7 Å². The highest BCUT2D eigenvalue weighted by molar-refractivity contribution is 5.83. The molecule has 1 aliphatic rings. The van der Waals surface area contributed by atoms with Gasteiger partial charge >= 0.3 is 5.63 Å². The molecule has 7 nitrogen and oxygen atoms in total. The van der Waals surface area contributed by atoms with Crippen LogP contribution in [0.15, 0.2) is 70.0 Å². The molecule has 2 aromatic carbocycles. The van der Waals surface area contributed by atoms with Crippen LogP contribution in [0.3, 0.4) is 0 Å². The van der Waals surface area contributed by atoms with Gasteiger partial charge in [-0.05, 0) is 24.3 Å². The Hall–Kier alpha value is -3.87. The summed E-state index contributed by atoms with van der Waals surface area (Å²) in [6.07, 6.45) is 3.68. The number of anilines is 2. The molecule has 0 bridgehead atoms. The van der Waals surface area contributed by atoms with Crippen LogP contribution in [0.1, 0.15) is 5.56 Å². The van der Waals surface area contributed by atoms with Crippen LogP contribution in [-0.2, 0) is 7.05 Å². The lowest BCUT2D eigenvalue weighted by molar-refractivity contribution is 0.289. The zero-order valence-corrected chi connectivity index (χ0v) is 17.0. The summed E-state index contributed by atoms with van der Waals surface area (Å²) in [4.78, 5) is 26.2. The van der Waals surface area contributed by atoms with Crippen molar-refractivity contribution < 1.29 is 4.52 Å². The number of hydrogen-bond acceptors (Lipinski definition) is 6. The topological polar surface area (TPSA) is 67.4 Å². The fraction of sp³-hybridized carbons (Fsp3) is 0.174. The van der Waals surface area contributed by atoms with Crippen molar-refractivity contribution in [3.63, 3.8) is 0 Å². The summed E-state index contributed by atoms with van der Waals surface area (Å²) in [6.45, 7) is 0. The summed E-state index contributed by atoms with van der Waals surface area (Å²) < 4.78 is 6.86. The van der Waals surface area contributed by atoms with Crippen LogP contribution in [0.4, 0.5) is 11.6 Å². The second-order valence-corrected chi connectivity index (χ2v) is 7.36. The number of fused-ring (bicyclic) bond motifs is 2. The van der Waals surface area contributed by atoms with Crippen LogP contribution in [0.2, 0.25) is 0 Å². The van der Waals surface area contributed by atoms with Crippen molar-refractivity contribution >= 4 is 28.7 Å². The smallest absolute Gasteiger partial charge is 0.335 e. The molecule has 0 unspecified atom stereocenters. The van der Waals surface area contributed by atoms with Crippen LogP contribution < -0.4 is 15.4 Å². The molecule has 3 heterocycles. The standard InChI is InChI=1S/C23H21N5O2/c1-26-19(27(2)22-21(26)24-17-11-7-8-12-18(17)25-22)14-13-16-20(28(3)30-23(16)29)15-9-5-4-6-10-15/h4-14,19H,1-3H3/b14-13+. The minimum atomic E-state index is -0.365. The van der Waals surface area contributed by atoms with Gasteiger partial charge in [0.05, 0.1) is 22.3 Å². The Morgan fingerprint density at radius 3 is 2.03 bits per heavy atom. The summed E-state index contributed by atoms with van der Waals surface area (Å²) in [5, 5.41) is 0. The van der Waals surface area contributed by atoms with Gasteiger partial charge in [-0.2, -0.15) is 0 Å². The molecular formula is C23H21N5O2. The molecule has 0 saturated carbocycles. The van der Waals surface area contributed by atoms with Gasteiger partial charge in [-0.1, -0.05) is 42.5 Å². The maximum absolute atomic E-state index is 12.5. The summed E-state index contributed by atoms with van der Waals surface area (Å²) in [7, 11) is 5.70. The first-order chi connectivity index (χ1) is 14.5. The van der Waals surface area contributed by atoms with Gasteiger partial charge in [0.1, 0.15) is 6.17 Å². The minimum Gasteiger partial charge on any atom is -0.335 e. The Morgan fingerprint density at radius 1 is 0.867 bits per heavy atom. The monoisotopic (exact) mass is 399 g/mol. The molecule has 0 radical (unpaired) electrons. The Morgan fingerprint density at radius 2 is 1.43 bits per heavy atom. The lowest BCUT2D eigenvalue weighted by atomic mass is 10.1. The van der Waals surface area contributed by atoms with Gasteiger partial charge in [-0.3, -0.25) is 0 Å². The number of nitrogens with zero attached hydrogens (tertiary/aromatic N) is 5. The number of aromatic nitrogens is 3. The zero-order valence-electron chi connectivity index (χ0n) is 17.0. The molecule has 1 aliphatic heterocycles. The normalized spacial score (nSPS) is 14.2. The Labute approximate surface area is 173 Å². The van der Waals surface area contributed by atoms with Gasteiger partial charge in [0, 0.05) is 26.7 Å². The molecule has 7 heteroatoms. The molecule has 5 rings (SSSR count). The van der Waals surface area contributed by atoms with E-state index in [1.165, 1.54) is 4.74 Å². The largest absolute Gasteiger partial charge is 0.365 e. The summed E-state index contributed by atoms with van der Waals surface area (Å²) in [5.74, 6) is 1.63. The predicted octanol–water partition coefficient (Wildman–Crippen LogP) is 3.51. The molecule has 0 N–H and O–H groups in total. The first-order valence-corrected chi connectivity index (χ1v) is 9.71. The molecule has 0 fully saturated rings. The van der Waals surface area contributed by atoms with Gasteiger partial charge in [0.25, 0.3) is 0 Å². The first-order valence-electron chi connectivity index (χ1n) is 9.71. The van der Waals surface area contributed by atoms with Crippen LogP contribution in [0, 0.1) is 0 Å². The van der Waals surface area contributed by atoms with Gasteiger partial charge in [0.15, 0.2) is 11.6 Å². The molecule has 30 heavy (non-hydrogen) atoms. The van der Waals surface area contributed by atoms with Crippen molar-refractivity contribution in [3.8, 4) is 11.3 Å². The van der Waals surface area contributed by atoms with E-state index in [0.29, 0.717) is 5.56 Å². The Kier molecular flexibility index (Phi) is 4.17. The van der Waals surface area contributed by atoms with Crippen LogP contribution in [0.5, 0.6) is 0 Å². The highest BCUT2D eigenvalue weighted by Crippen LogP contribution is 2.36. The van der Waals surface area contributed by atoms with Crippen molar-refractivity contribution in [1.29, 1.82) is 0 Å². The lowest BCUT2D eigenvalue weighted by Crippen LogP contribution is -2.37. The van der Waals surface area contributed by atoms with Crippen LogP contribution in [0.25, 0.3) is 28.4 Å². The molecule has 0 atom stereocenters. The second kappa shape index (κ2) is 6.88. The van der Waals surface area contributed by atoms with Gasteiger partial charge in [-0.15, -0.1) is 0 Å². The van der Waals surface area contributed by atoms with E-state index in [9.17, 15) is 4.79 Å². The molecule has 0 saturated heterocycles. The third-order valence-corrected chi connectivity index (χ3v) is 5.49. The van der Waals surface area contributed by atoms with Gasteiger partial charge < -0.3 is 14.3 Å². The number of benzene rings is 2. The number of aryl methyl sites for hydroxylation is 1. The lowest BCUT2D eigenvalue weighted by Gasteiger charge is -2.23. The molecule has 150 valence electrons. The number of likely N-dealkylation sites (N-methyl/N-ethyl adjacent to an activating group) is 2. The number of para-hydroxylation sites is 2. The molecule has 0 amide bonds. The molecular weight excluding hydrogens is 378 g/mol. The van der Waals surface area contributed by atoms with E-state index in [2.05, 4.69) is 9.80 Å². The fourth-order valence-corrected chi connectivity index (χ4v) is 3.97. The van der Waals surface area contributed by atoms with Crippen LogP contribution >= 0.6 is 0 Å². The third kappa shape index (κ3) is 2.78. The number of rotatable bonds is 3.